The van der Waals surface area contributed by atoms with Crippen LogP contribution in [0.25, 0.3) is 0 Å². The Morgan fingerprint density at radius 3 is 2.67 bits per heavy atom. The third kappa shape index (κ3) is 5.52. The Kier molecular flexibility index (Phi) is 8.14. The minimum atomic E-state index is 0. The molecule has 1 aromatic heterocycles. The van der Waals surface area contributed by atoms with E-state index in [0.717, 1.165) is 31.2 Å². The van der Waals surface area contributed by atoms with E-state index >= 15 is 0 Å². The third-order valence-corrected chi connectivity index (χ3v) is 4.51. The minimum absolute atomic E-state index is 0. The minimum Gasteiger partial charge on any atom is -0.469 e. The van der Waals surface area contributed by atoms with Gasteiger partial charge >= 0.3 is 0 Å². The molecule has 5 heteroatoms. The molecule has 0 atom stereocenters. The number of aliphatic imine (C=N–C) groups is 1. The van der Waals surface area contributed by atoms with Gasteiger partial charge in [-0.2, -0.15) is 0 Å². The van der Waals surface area contributed by atoms with Crippen LogP contribution in [0.1, 0.15) is 44.8 Å². The highest BCUT2D eigenvalue weighted by Gasteiger charge is 2.31. The molecule has 1 aliphatic rings. The number of hydrogen-bond acceptors (Lipinski definition) is 2. The maximum atomic E-state index is 5.32. The van der Waals surface area contributed by atoms with Crippen LogP contribution in [-0.4, -0.2) is 26.1 Å². The quantitative estimate of drug-likeness (QED) is 0.432. The summed E-state index contributed by atoms with van der Waals surface area (Å²) in [6.45, 7) is 4.18. The van der Waals surface area contributed by atoms with Crippen molar-refractivity contribution in [2.24, 2.45) is 10.4 Å². The molecule has 1 aromatic rings. The van der Waals surface area contributed by atoms with Gasteiger partial charge in [0.15, 0.2) is 5.96 Å². The smallest absolute Gasteiger partial charge is 0.191 e. The van der Waals surface area contributed by atoms with Gasteiger partial charge in [0.25, 0.3) is 0 Å². The van der Waals surface area contributed by atoms with E-state index in [0.29, 0.717) is 5.41 Å². The van der Waals surface area contributed by atoms with E-state index in [4.69, 9.17) is 4.42 Å². The van der Waals surface area contributed by atoms with Crippen LogP contribution in [0, 0.1) is 5.41 Å². The van der Waals surface area contributed by atoms with Gasteiger partial charge in [-0.3, -0.25) is 4.99 Å². The number of nitrogens with one attached hydrogen (secondary N) is 2. The van der Waals surface area contributed by atoms with Crippen molar-refractivity contribution >= 4 is 29.9 Å². The van der Waals surface area contributed by atoms with Crippen molar-refractivity contribution in [3.63, 3.8) is 0 Å². The largest absolute Gasteiger partial charge is 0.469 e. The predicted octanol–water partition coefficient (Wildman–Crippen LogP) is 3.58. The zero-order chi connectivity index (χ0) is 14.3. The molecular formula is C16H28IN3O. The standard InChI is InChI=1S/C16H27N3O.HI/c1-3-16(9-4-5-10-16)13-19-15(17-2)18-11-8-14-7-6-12-20-14;/h6-7,12H,3-5,8-11,13H2,1-2H3,(H2,17,18,19);1H. The lowest BCUT2D eigenvalue weighted by atomic mass is 9.83. The topological polar surface area (TPSA) is 49.6 Å². The molecule has 0 aliphatic heterocycles. The van der Waals surface area contributed by atoms with E-state index in [2.05, 4.69) is 22.5 Å². The second-order valence-corrected chi connectivity index (χ2v) is 5.74. The highest BCUT2D eigenvalue weighted by Crippen LogP contribution is 2.40. The average Bonchev–Trinajstić information content (AvgIpc) is 3.14. The van der Waals surface area contributed by atoms with E-state index in [1.807, 2.05) is 19.2 Å². The van der Waals surface area contributed by atoms with Crippen molar-refractivity contribution in [3.05, 3.63) is 24.2 Å². The van der Waals surface area contributed by atoms with E-state index in [1.165, 1.54) is 32.1 Å². The van der Waals surface area contributed by atoms with Crippen molar-refractivity contribution in [3.8, 4) is 0 Å². The van der Waals surface area contributed by atoms with Crippen molar-refractivity contribution < 1.29 is 4.42 Å². The third-order valence-electron chi connectivity index (χ3n) is 4.51. The maximum Gasteiger partial charge on any atom is 0.191 e. The highest BCUT2D eigenvalue weighted by molar-refractivity contribution is 14.0. The predicted molar refractivity (Wildman–Crippen MR) is 98.4 cm³/mol. The molecule has 1 heterocycles. The zero-order valence-corrected chi connectivity index (χ0v) is 15.5. The first-order valence-electron chi connectivity index (χ1n) is 7.75. The Bertz CT molecular complexity index is 411. The number of hydrogen-bond donors (Lipinski definition) is 2. The van der Waals surface area contributed by atoms with Gasteiger partial charge in [0.2, 0.25) is 0 Å². The van der Waals surface area contributed by atoms with Crippen molar-refractivity contribution in [2.45, 2.75) is 45.4 Å². The SMILES string of the molecule is CCC1(CNC(=NC)NCCc2ccco2)CCCC1.I. The molecule has 0 saturated heterocycles. The molecule has 4 nitrogen and oxygen atoms in total. The summed E-state index contributed by atoms with van der Waals surface area (Å²) in [7, 11) is 1.83. The second kappa shape index (κ2) is 9.33. The zero-order valence-electron chi connectivity index (χ0n) is 13.2. The molecule has 21 heavy (non-hydrogen) atoms. The molecule has 0 aromatic carbocycles. The molecular weight excluding hydrogens is 377 g/mol. The Balaban J connectivity index is 0.00000220. The van der Waals surface area contributed by atoms with Crippen molar-refractivity contribution in [1.82, 2.24) is 10.6 Å². The molecule has 0 spiro atoms. The first kappa shape index (κ1) is 18.3. The molecule has 2 rings (SSSR count). The van der Waals surface area contributed by atoms with Crippen molar-refractivity contribution in [2.75, 3.05) is 20.1 Å². The summed E-state index contributed by atoms with van der Waals surface area (Å²) in [6.07, 6.45) is 9.30. The number of nitrogens with zero attached hydrogens (tertiary/aromatic N) is 1. The number of rotatable bonds is 6. The van der Waals surface area contributed by atoms with Gasteiger partial charge in [-0.05, 0) is 36.8 Å². The van der Waals surface area contributed by atoms with Crippen molar-refractivity contribution in [1.29, 1.82) is 0 Å². The number of guanidine groups is 1. The van der Waals surface area contributed by atoms with Gasteiger partial charge < -0.3 is 15.1 Å². The molecule has 2 N–H and O–H groups in total. The van der Waals surface area contributed by atoms with Crippen LogP contribution < -0.4 is 10.6 Å². The fourth-order valence-electron chi connectivity index (χ4n) is 3.03. The van der Waals surface area contributed by atoms with Crippen LogP contribution in [0.5, 0.6) is 0 Å². The first-order valence-corrected chi connectivity index (χ1v) is 7.75. The molecule has 1 fully saturated rings. The molecule has 1 aliphatic carbocycles. The summed E-state index contributed by atoms with van der Waals surface area (Å²) in [6, 6.07) is 3.93. The van der Waals surface area contributed by atoms with Gasteiger partial charge in [-0.15, -0.1) is 24.0 Å². The van der Waals surface area contributed by atoms with Crippen LogP contribution in [0.3, 0.4) is 0 Å². The normalized spacial score (nSPS) is 17.3. The van der Waals surface area contributed by atoms with Crippen LogP contribution in [-0.2, 0) is 6.42 Å². The average molecular weight is 405 g/mol. The molecule has 0 unspecified atom stereocenters. The fourth-order valence-corrected chi connectivity index (χ4v) is 3.03. The number of halogens is 1. The summed E-state index contributed by atoms with van der Waals surface area (Å²) in [5.41, 5.74) is 0.485. The van der Waals surface area contributed by atoms with Gasteiger partial charge in [0.05, 0.1) is 6.26 Å². The summed E-state index contributed by atoms with van der Waals surface area (Å²) < 4.78 is 5.32. The lowest BCUT2D eigenvalue weighted by molar-refractivity contribution is 0.283. The van der Waals surface area contributed by atoms with E-state index in [1.54, 1.807) is 6.26 Å². The Morgan fingerprint density at radius 1 is 1.33 bits per heavy atom. The van der Waals surface area contributed by atoms with E-state index < -0.39 is 0 Å². The van der Waals surface area contributed by atoms with Crippen LogP contribution >= 0.6 is 24.0 Å². The summed E-state index contributed by atoms with van der Waals surface area (Å²) in [5, 5.41) is 6.84. The highest BCUT2D eigenvalue weighted by atomic mass is 127. The Labute approximate surface area is 145 Å². The monoisotopic (exact) mass is 405 g/mol. The number of furan rings is 1. The van der Waals surface area contributed by atoms with Crippen LogP contribution in [0.4, 0.5) is 0 Å². The lowest BCUT2D eigenvalue weighted by Crippen LogP contribution is -2.43. The molecule has 1 saturated carbocycles. The van der Waals surface area contributed by atoms with Gasteiger partial charge in [0, 0.05) is 26.6 Å². The van der Waals surface area contributed by atoms with Crippen LogP contribution in [0.15, 0.2) is 27.8 Å². The van der Waals surface area contributed by atoms with E-state index in [-0.39, 0.29) is 24.0 Å². The Hall–Kier alpha value is -0.720. The molecule has 120 valence electrons. The van der Waals surface area contributed by atoms with E-state index in [9.17, 15) is 0 Å². The summed E-state index contributed by atoms with van der Waals surface area (Å²) >= 11 is 0. The second-order valence-electron chi connectivity index (χ2n) is 5.74. The molecule has 0 radical (unpaired) electrons. The maximum absolute atomic E-state index is 5.32. The van der Waals surface area contributed by atoms with Gasteiger partial charge in [0.1, 0.15) is 5.76 Å². The van der Waals surface area contributed by atoms with Crippen LogP contribution in [0.2, 0.25) is 0 Å². The lowest BCUT2D eigenvalue weighted by Gasteiger charge is -2.28. The Morgan fingerprint density at radius 2 is 2.10 bits per heavy atom. The summed E-state index contributed by atoms with van der Waals surface area (Å²) in [5.74, 6) is 1.91. The molecule has 0 bridgehead atoms. The first-order chi connectivity index (χ1) is 9.78. The summed E-state index contributed by atoms with van der Waals surface area (Å²) in [4.78, 5) is 4.30. The van der Waals surface area contributed by atoms with Gasteiger partial charge in [-0.25, -0.2) is 0 Å². The fraction of sp³-hybridized carbons (Fsp3) is 0.688. The van der Waals surface area contributed by atoms with Gasteiger partial charge in [-0.1, -0.05) is 19.8 Å². The molecule has 0 amide bonds.